The molecule has 0 fully saturated rings. The highest BCUT2D eigenvalue weighted by Gasteiger charge is 2.37. The lowest BCUT2D eigenvalue weighted by molar-refractivity contribution is 0.660. The van der Waals surface area contributed by atoms with Gasteiger partial charge in [-0.3, -0.25) is 0 Å². The molecule has 0 spiro atoms. The molecule has 10 aromatic carbocycles. The topological polar surface area (TPSA) is 9.72 Å². The van der Waals surface area contributed by atoms with Crippen molar-refractivity contribution in [3.05, 3.63) is 283 Å². The summed E-state index contributed by atoms with van der Waals surface area (Å²) < 4.78 is 0. The number of aryl methyl sites for hydroxylation is 2. The zero-order valence-electron chi connectivity index (χ0n) is 41.6. The molecule has 0 unspecified atom stereocenters. The number of fused-ring (bicyclic) bond motifs is 3. The second-order valence-electron chi connectivity index (χ2n) is 19.5. The highest BCUT2D eigenvalue weighted by molar-refractivity contribution is 7.18. The Morgan fingerprint density at radius 1 is 0.274 bits per heavy atom. The molecule has 1 aromatic heterocycles. The zero-order chi connectivity index (χ0) is 49.5. The number of anilines is 9. The number of thiophene rings is 1. The number of benzene rings is 10. The molecule has 73 heavy (non-hydrogen) atoms. The number of hydrogen-bond donors (Lipinski definition) is 0. The van der Waals surface area contributed by atoms with Crippen LogP contribution in [0.5, 0.6) is 0 Å². The highest BCUT2D eigenvalue weighted by atomic mass is 32.1. The summed E-state index contributed by atoms with van der Waals surface area (Å²) in [6.07, 6.45) is 0. The standard InChI is InChI=1S/C69H55N3S/c1-48-44-57(70(52-22-12-6-13-23-52)53-24-14-7-15-25-53)34-38-61(48)62-39-35-58(45-49(62)2)72(56-32-30-51(31-33-56)68-43-42-67(73-68)50-20-10-5-11-21-50)60-37-41-64-63-40-36-59(46-65(63)69(3,4)66(64)47-60)71(54-26-16-8-17-27-54)55-28-18-9-19-29-55/h5-47H,1-4H3. The van der Waals surface area contributed by atoms with E-state index in [1.165, 1.54) is 65.4 Å². The Hall–Kier alpha value is -8.70. The van der Waals surface area contributed by atoms with Gasteiger partial charge in [0, 0.05) is 66.4 Å². The van der Waals surface area contributed by atoms with Crippen LogP contribution in [0.4, 0.5) is 51.2 Å². The van der Waals surface area contributed by atoms with Crippen LogP contribution >= 0.6 is 11.3 Å². The Bertz CT molecular complexity index is 3640. The van der Waals surface area contributed by atoms with Crippen molar-refractivity contribution in [3.63, 3.8) is 0 Å². The third-order valence-electron chi connectivity index (χ3n) is 14.5. The van der Waals surface area contributed by atoms with Crippen LogP contribution < -0.4 is 14.7 Å². The Kier molecular flexibility index (Phi) is 11.9. The van der Waals surface area contributed by atoms with Crippen LogP contribution in [0.1, 0.15) is 36.1 Å². The van der Waals surface area contributed by atoms with Crippen LogP contribution in [-0.2, 0) is 5.41 Å². The molecular formula is C69H55N3S. The molecule has 0 amide bonds. The van der Waals surface area contributed by atoms with Gasteiger partial charge in [0.05, 0.1) is 0 Å². The largest absolute Gasteiger partial charge is 0.310 e. The van der Waals surface area contributed by atoms with E-state index in [0.29, 0.717) is 0 Å². The lowest BCUT2D eigenvalue weighted by atomic mass is 9.82. The average molecular weight is 958 g/mol. The van der Waals surface area contributed by atoms with Crippen LogP contribution in [0.25, 0.3) is 43.1 Å². The first kappa shape index (κ1) is 45.4. The van der Waals surface area contributed by atoms with E-state index >= 15 is 0 Å². The minimum absolute atomic E-state index is 0.263. The summed E-state index contributed by atoms with van der Waals surface area (Å²) in [4.78, 5) is 9.66. The third-order valence-corrected chi connectivity index (χ3v) is 15.7. The maximum Gasteiger partial charge on any atom is 0.0465 e. The van der Waals surface area contributed by atoms with Crippen LogP contribution in [0.15, 0.2) is 261 Å². The van der Waals surface area contributed by atoms with Gasteiger partial charge in [-0.1, -0.05) is 153 Å². The molecule has 1 aliphatic rings. The van der Waals surface area contributed by atoms with Crippen molar-refractivity contribution < 1.29 is 0 Å². The predicted octanol–water partition coefficient (Wildman–Crippen LogP) is 20.1. The summed E-state index contributed by atoms with van der Waals surface area (Å²) in [5, 5.41) is 0. The van der Waals surface area contributed by atoms with E-state index in [1.54, 1.807) is 0 Å². The first-order valence-corrected chi connectivity index (χ1v) is 26.0. The summed E-state index contributed by atoms with van der Waals surface area (Å²) in [5.74, 6) is 0. The fraction of sp³-hybridized carbons (Fsp3) is 0.0725. The van der Waals surface area contributed by atoms with Gasteiger partial charge in [-0.25, -0.2) is 0 Å². The second-order valence-corrected chi connectivity index (χ2v) is 20.6. The van der Waals surface area contributed by atoms with Gasteiger partial charge in [-0.05, 0) is 191 Å². The maximum atomic E-state index is 2.44. The number of hydrogen-bond acceptors (Lipinski definition) is 4. The molecule has 12 rings (SSSR count). The predicted molar refractivity (Wildman–Crippen MR) is 312 cm³/mol. The van der Waals surface area contributed by atoms with Gasteiger partial charge >= 0.3 is 0 Å². The van der Waals surface area contributed by atoms with Gasteiger partial charge in [0.15, 0.2) is 0 Å². The fourth-order valence-electron chi connectivity index (χ4n) is 10.8. The zero-order valence-corrected chi connectivity index (χ0v) is 42.4. The smallest absolute Gasteiger partial charge is 0.0465 e. The summed E-state index contributed by atoms with van der Waals surface area (Å²) in [6.45, 7) is 9.26. The Balaban J connectivity index is 0.924. The van der Waals surface area contributed by atoms with Crippen molar-refractivity contribution in [2.45, 2.75) is 33.1 Å². The molecule has 0 atom stereocenters. The average Bonchev–Trinajstić information content (AvgIpc) is 4.02. The van der Waals surface area contributed by atoms with E-state index in [1.807, 2.05) is 11.3 Å². The third kappa shape index (κ3) is 8.60. The van der Waals surface area contributed by atoms with Crippen molar-refractivity contribution in [1.29, 1.82) is 0 Å². The minimum atomic E-state index is -0.263. The van der Waals surface area contributed by atoms with Crippen LogP contribution in [0.2, 0.25) is 0 Å². The molecular weight excluding hydrogens is 903 g/mol. The Labute approximate surface area is 434 Å². The normalized spacial score (nSPS) is 12.2. The van der Waals surface area contributed by atoms with Gasteiger partial charge in [0.2, 0.25) is 0 Å². The molecule has 4 heteroatoms. The molecule has 352 valence electrons. The van der Waals surface area contributed by atoms with Crippen LogP contribution in [0, 0.1) is 13.8 Å². The summed E-state index contributed by atoms with van der Waals surface area (Å²) in [7, 11) is 0. The summed E-state index contributed by atoms with van der Waals surface area (Å²) in [5.41, 5.74) is 22.4. The van der Waals surface area contributed by atoms with Gasteiger partial charge in [-0.2, -0.15) is 0 Å². The SMILES string of the molecule is Cc1cc(N(c2ccccc2)c2ccccc2)ccc1-c1ccc(N(c2ccc(-c3ccc(-c4ccccc4)s3)cc2)c2ccc3c(c2)C(C)(C)c2cc(N(c4ccccc4)c4ccccc4)ccc2-3)cc1C. The molecule has 0 aliphatic heterocycles. The molecule has 0 saturated heterocycles. The van der Waals surface area contributed by atoms with Crippen LogP contribution in [-0.4, -0.2) is 0 Å². The summed E-state index contributed by atoms with van der Waals surface area (Å²) in [6, 6.07) is 94.9. The molecule has 1 aliphatic carbocycles. The van der Waals surface area contributed by atoms with Crippen molar-refractivity contribution in [1.82, 2.24) is 0 Å². The molecule has 11 aromatic rings. The van der Waals surface area contributed by atoms with Gasteiger partial charge in [0.1, 0.15) is 0 Å². The van der Waals surface area contributed by atoms with E-state index in [2.05, 4.69) is 303 Å². The van der Waals surface area contributed by atoms with E-state index < -0.39 is 0 Å². The first-order valence-electron chi connectivity index (χ1n) is 25.2. The molecule has 0 N–H and O–H groups in total. The quantitative estimate of drug-likeness (QED) is 0.121. The molecule has 0 saturated carbocycles. The van der Waals surface area contributed by atoms with Crippen molar-refractivity contribution >= 4 is 62.5 Å². The van der Waals surface area contributed by atoms with E-state index in [-0.39, 0.29) is 5.41 Å². The van der Waals surface area contributed by atoms with Gasteiger partial charge in [0.25, 0.3) is 0 Å². The van der Waals surface area contributed by atoms with Crippen LogP contribution in [0.3, 0.4) is 0 Å². The van der Waals surface area contributed by atoms with Gasteiger partial charge in [-0.15, -0.1) is 11.3 Å². The van der Waals surface area contributed by atoms with E-state index in [0.717, 1.165) is 51.2 Å². The molecule has 0 bridgehead atoms. The maximum absolute atomic E-state index is 2.44. The van der Waals surface area contributed by atoms with Gasteiger partial charge < -0.3 is 14.7 Å². The molecule has 0 radical (unpaired) electrons. The van der Waals surface area contributed by atoms with E-state index in [4.69, 9.17) is 0 Å². The van der Waals surface area contributed by atoms with E-state index in [9.17, 15) is 0 Å². The Morgan fingerprint density at radius 3 is 0.932 bits per heavy atom. The lowest BCUT2D eigenvalue weighted by Gasteiger charge is -2.29. The highest BCUT2D eigenvalue weighted by Crippen LogP contribution is 2.53. The monoisotopic (exact) mass is 957 g/mol. The Morgan fingerprint density at radius 2 is 0.562 bits per heavy atom. The molecule has 3 nitrogen and oxygen atoms in total. The fourth-order valence-corrected chi connectivity index (χ4v) is 11.9. The summed E-state index contributed by atoms with van der Waals surface area (Å²) >= 11 is 1.84. The molecule has 1 heterocycles. The first-order chi connectivity index (χ1) is 35.8. The number of rotatable bonds is 12. The number of nitrogens with zero attached hydrogens (tertiary/aromatic N) is 3. The van der Waals surface area contributed by atoms with Crippen molar-refractivity contribution in [2.24, 2.45) is 0 Å². The second kappa shape index (κ2) is 19.1. The van der Waals surface area contributed by atoms with Crippen molar-refractivity contribution in [2.75, 3.05) is 14.7 Å². The lowest BCUT2D eigenvalue weighted by Crippen LogP contribution is -2.17. The number of para-hydroxylation sites is 4. The van der Waals surface area contributed by atoms with Crippen molar-refractivity contribution in [3.8, 4) is 43.1 Å². The minimum Gasteiger partial charge on any atom is -0.310 e.